The third kappa shape index (κ3) is 5.53. The molecule has 3 aliphatic rings. The number of aromatic amines is 1. The minimum Gasteiger partial charge on any atom is -0.497 e. The van der Waals surface area contributed by atoms with Crippen LogP contribution in [0.5, 0.6) is 5.75 Å². The fraction of sp³-hybridized carbons (Fsp3) is 0.455. The predicted octanol–water partition coefficient (Wildman–Crippen LogP) is 2.56. The lowest BCUT2D eigenvalue weighted by Gasteiger charge is -2.42. The lowest BCUT2D eigenvalue weighted by Crippen LogP contribution is -2.51. The van der Waals surface area contributed by atoms with Crippen molar-refractivity contribution in [1.82, 2.24) is 29.7 Å². The number of aromatic nitrogens is 4. The maximum atomic E-state index is 13.7. The normalized spacial score (nSPS) is 21.2. The number of rotatable bonds is 6. The number of para-hydroxylation sites is 1. The number of methoxy groups -OCH3 is 2. The highest BCUT2D eigenvalue weighted by molar-refractivity contribution is 5.89. The Kier molecular flexibility index (Phi) is 7.92. The molecule has 2 aromatic carbocycles. The number of carbonyl (C=O) groups is 1. The van der Waals surface area contributed by atoms with Crippen molar-refractivity contribution >= 4 is 34.7 Å². The molecular weight excluding hydrogens is 570 g/mol. The lowest BCUT2D eigenvalue weighted by atomic mass is 9.88. The molecule has 12 nitrogen and oxygen atoms in total. The zero-order valence-electron chi connectivity index (χ0n) is 26.4. The molecule has 5 heterocycles. The Labute approximate surface area is 263 Å². The maximum absolute atomic E-state index is 13.7. The molecule has 0 aliphatic carbocycles. The molecule has 236 valence electrons. The molecule has 4 aromatic rings. The average molecular weight is 612 g/mol. The largest absolute Gasteiger partial charge is 0.497 e. The van der Waals surface area contributed by atoms with Crippen molar-refractivity contribution in [1.29, 1.82) is 0 Å². The Morgan fingerprint density at radius 2 is 1.36 bits per heavy atom. The molecule has 0 bridgehead atoms. The van der Waals surface area contributed by atoms with Crippen molar-refractivity contribution in [2.75, 3.05) is 95.4 Å². The van der Waals surface area contributed by atoms with E-state index < -0.39 is 6.04 Å². The van der Waals surface area contributed by atoms with Gasteiger partial charge in [-0.2, -0.15) is 15.0 Å². The van der Waals surface area contributed by atoms with E-state index in [1.54, 1.807) is 7.11 Å². The van der Waals surface area contributed by atoms with Crippen LogP contribution in [0.4, 0.5) is 17.8 Å². The highest BCUT2D eigenvalue weighted by Gasteiger charge is 2.44. The number of anilines is 3. The minimum atomic E-state index is -0.656. The summed E-state index contributed by atoms with van der Waals surface area (Å²) in [6.07, 6.45) is 0.456. The van der Waals surface area contributed by atoms with Gasteiger partial charge in [-0.25, -0.2) is 4.79 Å². The van der Waals surface area contributed by atoms with E-state index in [-0.39, 0.29) is 12.0 Å². The number of fused-ring (bicyclic) bond motifs is 3. The van der Waals surface area contributed by atoms with E-state index >= 15 is 0 Å². The van der Waals surface area contributed by atoms with Gasteiger partial charge in [-0.05, 0) is 43.4 Å². The second kappa shape index (κ2) is 12.2. The Balaban J connectivity index is 1.42. The average Bonchev–Trinajstić information content (AvgIpc) is 3.46. The van der Waals surface area contributed by atoms with E-state index in [1.165, 1.54) is 7.11 Å². The van der Waals surface area contributed by atoms with Crippen LogP contribution in [0.2, 0.25) is 0 Å². The van der Waals surface area contributed by atoms with Crippen LogP contribution in [0.15, 0.2) is 48.5 Å². The first kappa shape index (κ1) is 29.3. The second-order valence-electron chi connectivity index (χ2n) is 12.2. The van der Waals surface area contributed by atoms with Crippen molar-refractivity contribution in [3.8, 4) is 5.75 Å². The molecule has 0 saturated carbocycles. The van der Waals surface area contributed by atoms with Gasteiger partial charge in [0.15, 0.2) is 0 Å². The Bertz CT molecular complexity index is 1620. The molecular formula is C33H41N9O3. The first-order valence-corrected chi connectivity index (χ1v) is 15.7. The summed E-state index contributed by atoms with van der Waals surface area (Å²) in [6.45, 7) is 6.96. The fourth-order valence-electron chi connectivity index (χ4n) is 6.74. The Morgan fingerprint density at radius 3 is 1.93 bits per heavy atom. The third-order valence-corrected chi connectivity index (χ3v) is 9.44. The quantitative estimate of drug-likeness (QED) is 0.325. The van der Waals surface area contributed by atoms with Gasteiger partial charge in [0.1, 0.15) is 11.8 Å². The second-order valence-corrected chi connectivity index (χ2v) is 12.2. The summed E-state index contributed by atoms with van der Waals surface area (Å²) in [6, 6.07) is 15.2. The van der Waals surface area contributed by atoms with E-state index in [4.69, 9.17) is 24.4 Å². The molecule has 12 heteroatoms. The molecule has 2 saturated heterocycles. The van der Waals surface area contributed by atoms with Crippen molar-refractivity contribution in [2.45, 2.75) is 18.5 Å². The molecule has 0 unspecified atom stereocenters. The number of carbonyl (C=O) groups excluding carboxylic acids is 1. The van der Waals surface area contributed by atoms with Crippen LogP contribution in [0, 0.1) is 0 Å². The van der Waals surface area contributed by atoms with Crippen LogP contribution in [0.25, 0.3) is 10.9 Å². The number of benzene rings is 2. The van der Waals surface area contributed by atoms with Crippen LogP contribution in [-0.2, 0) is 16.0 Å². The van der Waals surface area contributed by atoms with Gasteiger partial charge in [0.05, 0.1) is 20.3 Å². The zero-order chi connectivity index (χ0) is 31.1. The summed E-state index contributed by atoms with van der Waals surface area (Å²) < 4.78 is 11.0. The monoisotopic (exact) mass is 611 g/mol. The first-order chi connectivity index (χ1) is 21.9. The molecule has 0 spiro atoms. The van der Waals surface area contributed by atoms with E-state index in [2.05, 4.69) is 62.9 Å². The van der Waals surface area contributed by atoms with Crippen LogP contribution >= 0.6 is 0 Å². The number of likely N-dealkylation sites (N-methyl/N-ethyl adjacent to an activating group) is 2. The van der Waals surface area contributed by atoms with Gasteiger partial charge in [0, 0.05) is 75.4 Å². The number of H-pyrrole nitrogens is 1. The molecule has 1 N–H and O–H groups in total. The number of ether oxygens (including phenoxy) is 2. The number of nitrogens with zero attached hydrogens (tertiary/aromatic N) is 8. The lowest BCUT2D eigenvalue weighted by molar-refractivity contribution is -0.142. The number of hydrogen-bond acceptors (Lipinski definition) is 11. The van der Waals surface area contributed by atoms with Gasteiger partial charge in [-0.15, -0.1) is 0 Å². The smallest absolute Gasteiger partial charge is 0.328 e. The molecule has 2 fully saturated rings. The van der Waals surface area contributed by atoms with Gasteiger partial charge < -0.3 is 39.0 Å². The van der Waals surface area contributed by atoms with Crippen LogP contribution in [0.1, 0.15) is 22.9 Å². The van der Waals surface area contributed by atoms with Gasteiger partial charge in [-0.3, -0.25) is 0 Å². The molecule has 45 heavy (non-hydrogen) atoms. The fourth-order valence-corrected chi connectivity index (χ4v) is 6.74. The summed E-state index contributed by atoms with van der Waals surface area (Å²) >= 11 is 0. The topological polar surface area (TPSA) is 106 Å². The number of hydrogen-bond donors (Lipinski definition) is 1. The minimum absolute atomic E-state index is 0.327. The SMILES string of the molecule is COC(=O)[C@H]1Cc2c([nH]c3ccccc23)[C@H](c2ccc(OC)cc2)N1c1nc(N2CCN(C)CC2)nc(N2CCN(C)CC2)n1. The molecule has 2 aromatic heterocycles. The highest BCUT2D eigenvalue weighted by Crippen LogP contribution is 2.43. The number of piperazine rings is 2. The highest BCUT2D eigenvalue weighted by atomic mass is 16.5. The van der Waals surface area contributed by atoms with E-state index in [0.717, 1.165) is 85.8 Å². The molecule has 2 atom stereocenters. The zero-order valence-corrected chi connectivity index (χ0v) is 26.4. The third-order valence-electron chi connectivity index (χ3n) is 9.44. The summed E-state index contributed by atoms with van der Waals surface area (Å²) in [5.41, 5.74) is 4.13. The summed E-state index contributed by atoms with van der Waals surface area (Å²) in [4.78, 5) is 43.9. The van der Waals surface area contributed by atoms with Crippen molar-refractivity contribution < 1.29 is 14.3 Å². The van der Waals surface area contributed by atoms with Gasteiger partial charge in [-0.1, -0.05) is 30.3 Å². The van der Waals surface area contributed by atoms with Crippen molar-refractivity contribution in [3.05, 3.63) is 65.4 Å². The molecule has 7 rings (SSSR count). The van der Waals surface area contributed by atoms with Crippen LogP contribution < -0.4 is 19.4 Å². The summed E-state index contributed by atoms with van der Waals surface area (Å²) in [5, 5.41) is 1.10. The summed E-state index contributed by atoms with van der Waals surface area (Å²) in [7, 11) is 7.39. The van der Waals surface area contributed by atoms with Crippen LogP contribution in [0.3, 0.4) is 0 Å². The number of nitrogens with one attached hydrogen (secondary N) is 1. The predicted molar refractivity (Wildman–Crippen MR) is 174 cm³/mol. The van der Waals surface area contributed by atoms with E-state index in [9.17, 15) is 4.79 Å². The van der Waals surface area contributed by atoms with Crippen molar-refractivity contribution in [3.63, 3.8) is 0 Å². The molecule has 0 amide bonds. The Hall–Kier alpha value is -4.42. The van der Waals surface area contributed by atoms with Crippen LogP contribution in [-0.4, -0.2) is 122 Å². The molecule has 0 radical (unpaired) electrons. The standard InChI is InChI=1S/C33H41N9O3/c1-38-13-17-40(18-14-38)31-35-32(41-19-15-39(2)16-20-41)37-33(36-31)42-27(30(43)45-4)21-25-24-7-5-6-8-26(24)34-28(25)29(42)22-9-11-23(44-3)12-10-22/h5-12,27,29,34H,13-21H2,1-4H3/t27-,29+/m1/s1. The summed E-state index contributed by atoms with van der Waals surface area (Å²) in [5.74, 6) is 2.18. The van der Waals surface area contributed by atoms with Crippen molar-refractivity contribution in [2.24, 2.45) is 0 Å². The van der Waals surface area contributed by atoms with Gasteiger partial charge in [0.2, 0.25) is 17.8 Å². The Morgan fingerprint density at radius 1 is 0.778 bits per heavy atom. The van der Waals surface area contributed by atoms with Gasteiger partial charge >= 0.3 is 5.97 Å². The van der Waals surface area contributed by atoms with E-state index in [0.29, 0.717) is 24.3 Å². The molecule has 3 aliphatic heterocycles. The maximum Gasteiger partial charge on any atom is 0.328 e. The first-order valence-electron chi connectivity index (χ1n) is 15.7. The van der Waals surface area contributed by atoms with Gasteiger partial charge in [0.25, 0.3) is 0 Å². The number of esters is 1. The van der Waals surface area contributed by atoms with E-state index in [1.807, 2.05) is 29.2 Å².